The third-order valence-corrected chi connectivity index (χ3v) is 5.91. The highest BCUT2D eigenvalue weighted by Gasteiger charge is 2.31. The van der Waals surface area contributed by atoms with Crippen LogP contribution < -0.4 is 20.7 Å². The van der Waals surface area contributed by atoms with Gasteiger partial charge in [-0.05, 0) is 25.5 Å². The number of aromatic nitrogens is 3. The zero-order valence-corrected chi connectivity index (χ0v) is 17.2. The monoisotopic (exact) mass is 415 g/mol. The van der Waals surface area contributed by atoms with E-state index in [2.05, 4.69) is 30.1 Å². The molecular formula is C20H26FN7O2. The van der Waals surface area contributed by atoms with Crippen molar-refractivity contribution in [3.8, 4) is 0 Å². The van der Waals surface area contributed by atoms with Gasteiger partial charge < -0.3 is 20.1 Å². The van der Waals surface area contributed by atoms with Gasteiger partial charge in [-0.25, -0.2) is 4.98 Å². The van der Waals surface area contributed by atoms with Gasteiger partial charge in [0.05, 0.1) is 11.9 Å². The standard InChI is InChI=1S/C20H26FN7O2/c1-13-19(29)25-17(11-23-13)28-6-5-14(12-28)26-7-9-27(10-8-26)16-4-3-15(20(30)22-2)24-18(16)21/h3-4,11,14H,5-10,12H2,1-2H3,(H,22,30)(H,25,29). The van der Waals surface area contributed by atoms with Crippen LogP contribution in [0.1, 0.15) is 22.6 Å². The summed E-state index contributed by atoms with van der Waals surface area (Å²) in [5.41, 5.74) is 0.823. The van der Waals surface area contributed by atoms with Crippen molar-refractivity contribution in [2.24, 2.45) is 0 Å². The average Bonchev–Trinajstić information content (AvgIpc) is 3.25. The quantitative estimate of drug-likeness (QED) is 0.697. The zero-order chi connectivity index (χ0) is 21.3. The van der Waals surface area contributed by atoms with Gasteiger partial charge in [0.1, 0.15) is 17.2 Å². The zero-order valence-electron chi connectivity index (χ0n) is 17.2. The fourth-order valence-electron chi connectivity index (χ4n) is 4.12. The third-order valence-electron chi connectivity index (χ3n) is 5.91. The first-order valence-electron chi connectivity index (χ1n) is 10.1. The van der Waals surface area contributed by atoms with Crippen molar-refractivity contribution in [1.82, 2.24) is 25.2 Å². The molecule has 1 amide bonds. The number of aryl methyl sites for hydroxylation is 1. The number of halogens is 1. The van der Waals surface area contributed by atoms with Gasteiger partial charge in [-0.15, -0.1) is 0 Å². The van der Waals surface area contributed by atoms with E-state index in [0.717, 1.165) is 38.4 Å². The first-order valence-corrected chi connectivity index (χ1v) is 10.1. The second-order valence-electron chi connectivity index (χ2n) is 7.68. The highest BCUT2D eigenvalue weighted by Crippen LogP contribution is 2.24. The molecular weight excluding hydrogens is 389 g/mol. The molecule has 0 spiro atoms. The van der Waals surface area contributed by atoms with E-state index in [0.29, 0.717) is 30.5 Å². The van der Waals surface area contributed by atoms with Crippen LogP contribution in [0.3, 0.4) is 0 Å². The number of rotatable bonds is 4. The maximum atomic E-state index is 14.4. The highest BCUT2D eigenvalue weighted by molar-refractivity contribution is 5.92. The fourth-order valence-corrected chi connectivity index (χ4v) is 4.12. The molecule has 0 bridgehead atoms. The number of hydrogen-bond donors (Lipinski definition) is 2. The van der Waals surface area contributed by atoms with Crippen molar-refractivity contribution in [2.75, 3.05) is 56.1 Å². The minimum absolute atomic E-state index is 0.0760. The lowest BCUT2D eigenvalue weighted by atomic mass is 10.2. The number of anilines is 2. The van der Waals surface area contributed by atoms with Gasteiger partial charge in [0.25, 0.3) is 11.5 Å². The number of carbonyl (C=O) groups excluding carboxylic acids is 1. The Bertz CT molecular complexity index is 987. The van der Waals surface area contributed by atoms with Crippen LogP contribution >= 0.6 is 0 Å². The van der Waals surface area contributed by atoms with Crippen molar-refractivity contribution in [3.63, 3.8) is 0 Å². The molecule has 0 radical (unpaired) electrons. The Balaban J connectivity index is 1.35. The normalized spacial score (nSPS) is 19.9. The van der Waals surface area contributed by atoms with E-state index in [4.69, 9.17) is 0 Å². The summed E-state index contributed by atoms with van der Waals surface area (Å²) in [4.78, 5) is 40.9. The molecule has 2 aromatic heterocycles. The lowest BCUT2D eigenvalue weighted by Gasteiger charge is -2.39. The molecule has 4 heterocycles. The summed E-state index contributed by atoms with van der Waals surface area (Å²) >= 11 is 0. The van der Waals surface area contributed by atoms with Gasteiger partial charge in [-0.2, -0.15) is 4.39 Å². The summed E-state index contributed by atoms with van der Waals surface area (Å²) in [6, 6.07) is 3.56. The number of aromatic amines is 1. The second-order valence-corrected chi connectivity index (χ2v) is 7.68. The van der Waals surface area contributed by atoms with E-state index in [1.807, 2.05) is 4.90 Å². The largest absolute Gasteiger partial charge is 0.365 e. The molecule has 2 aliphatic heterocycles. The van der Waals surface area contributed by atoms with Gasteiger partial charge in [0.15, 0.2) is 0 Å². The topological polar surface area (TPSA) is 97.5 Å². The molecule has 2 saturated heterocycles. The molecule has 160 valence electrons. The Labute approximate surface area is 173 Å². The summed E-state index contributed by atoms with van der Waals surface area (Å²) < 4.78 is 14.4. The predicted octanol–water partition coefficient (Wildman–Crippen LogP) is 0.373. The maximum absolute atomic E-state index is 14.4. The van der Waals surface area contributed by atoms with Crippen LogP contribution in [0, 0.1) is 12.9 Å². The minimum atomic E-state index is -0.618. The molecule has 0 saturated carbocycles. The van der Waals surface area contributed by atoms with E-state index in [1.54, 1.807) is 25.3 Å². The molecule has 10 heteroatoms. The van der Waals surface area contributed by atoms with E-state index >= 15 is 0 Å². The van der Waals surface area contributed by atoms with Gasteiger partial charge >= 0.3 is 0 Å². The van der Waals surface area contributed by atoms with Gasteiger partial charge in [-0.1, -0.05) is 0 Å². The molecule has 1 atom stereocenters. The SMILES string of the molecule is CNC(=O)c1ccc(N2CCN(C3CCN(c4cnc(C)c(=O)[nH]4)C3)CC2)c(F)n1. The van der Waals surface area contributed by atoms with Crippen molar-refractivity contribution >= 4 is 17.4 Å². The lowest BCUT2D eigenvalue weighted by Crippen LogP contribution is -2.51. The van der Waals surface area contributed by atoms with E-state index in [9.17, 15) is 14.0 Å². The number of carbonyl (C=O) groups is 1. The van der Waals surface area contributed by atoms with Crippen LogP contribution in [0.2, 0.25) is 0 Å². The van der Waals surface area contributed by atoms with Crippen molar-refractivity contribution in [2.45, 2.75) is 19.4 Å². The number of nitrogens with one attached hydrogen (secondary N) is 2. The van der Waals surface area contributed by atoms with Gasteiger partial charge in [-0.3, -0.25) is 19.5 Å². The highest BCUT2D eigenvalue weighted by atomic mass is 19.1. The van der Waals surface area contributed by atoms with Crippen molar-refractivity contribution in [1.29, 1.82) is 0 Å². The summed E-state index contributed by atoms with van der Waals surface area (Å²) in [5, 5.41) is 2.45. The molecule has 0 aromatic carbocycles. The fraction of sp³-hybridized carbons (Fsp3) is 0.500. The first kappa shape index (κ1) is 20.3. The second kappa shape index (κ2) is 8.39. The number of nitrogens with zero attached hydrogens (tertiary/aromatic N) is 5. The molecule has 30 heavy (non-hydrogen) atoms. The third kappa shape index (κ3) is 4.00. The molecule has 2 aliphatic rings. The Kier molecular flexibility index (Phi) is 5.67. The Morgan fingerprint density at radius 2 is 1.97 bits per heavy atom. The van der Waals surface area contributed by atoms with Gasteiger partial charge in [0.2, 0.25) is 5.95 Å². The van der Waals surface area contributed by atoms with E-state index in [-0.39, 0.29) is 11.3 Å². The Hall–Kier alpha value is -3.01. The number of amides is 1. The van der Waals surface area contributed by atoms with Crippen LogP contribution in [0.25, 0.3) is 0 Å². The maximum Gasteiger partial charge on any atom is 0.270 e. The van der Waals surface area contributed by atoms with Crippen LogP contribution in [0.4, 0.5) is 15.9 Å². The summed E-state index contributed by atoms with van der Waals surface area (Å²) in [6.07, 6.45) is 2.72. The molecule has 2 aromatic rings. The van der Waals surface area contributed by atoms with Crippen LogP contribution in [-0.2, 0) is 0 Å². The van der Waals surface area contributed by atoms with Crippen LogP contribution in [0.5, 0.6) is 0 Å². The number of piperazine rings is 1. The first-order chi connectivity index (χ1) is 14.5. The smallest absolute Gasteiger partial charge is 0.270 e. The molecule has 0 aliphatic carbocycles. The Morgan fingerprint density at radius 3 is 2.63 bits per heavy atom. The molecule has 9 nitrogen and oxygen atoms in total. The van der Waals surface area contributed by atoms with Crippen LogP contribution in [-0.4, -0.2) is 78.1 Å². The molecule has 1 unspecified atom stereocenters. The lowest BCUT2D eigenvalue weighted by molar-refractivity contribution is 0.0957. The molecule has 4 rings (SSSR count). The average molecular weight is 415 g/mol. The van der Waals surface area contributed by atoms with E-state index < -0.39 is 11.9 Å². The number of hydrogen-bond acceptors (Lipinski definition) is 7. The predicted molar refractivity (Wildman–Crippen MR) is 112 cm³/mol. The summed E-state index contributed by atoms with van der Waals surface area (Å²) in [6.45, 7) is 6.41. The molecule has 2 N–H and O–H groups in total. The summed E-state index contributed by atoms with van der Waals surface area (Å²) in [5.74, 6) is -0.260. The van der Waals surface area contributed by atoms with Crippen LogP contribution in [0.15, 0.2) is 23.1 Å². The minimum Gasteiger partial charge on any atom is -0.365 e. The number of pyridine rings is 1. The Morgan fingerprint density at radius 1 is 1.20 bits per heavy atom. The van der Waals surface area contributed by atoms with E-state index in [1.165, 1.54) is 7.05 Å². The summed E-state index contributed by atoms with van der Waals surface area (Å²) in [7, 11) is 1.49. The molecule has 2 fully saturated rings. The van der Waals surface area contributed by atoms with Gasteiger partial charge in [0, 0.05) is 52.4 Å². The van der Waals surface area contributed by atoms with Crippen molar-refractivity contribution in [3.05, 3.63) is 46.0 Å². The van der Waals surface area contributed by atoms with Crippen molar-refractivity contribution < 1.29 is 9.18 Å². The number of H-pyrrole nitrogens is 1.